The zero-order valence-electron chi connectivity index (χ0n) is 9.07. The van der Waals surface area contributed by atoms with Crippen LogP contribution in [0.4, 0.5) is 5.69 Å². The summed E-state index contributed by atoms with van der Waals surface area (Å²) < 4.78 is 0. The van der Waals surface area contributed by atoms with E-state index in [9.17, 15) is 0 Å². The summed E-state index contributed by atoms with van der Waals surface area (Å²) in [6, 6.07) is 7.75. The molecule has 4 heteroatoms. The van der Waals surface area contributed by atoms with Crippen LogP contribution in [0, 0.1) is 0 Å². The number of nitrogens with two attached hydrogens (primary N) is 1. The third kappa shape index (κ3) is 2.43. The lowest BCUT2D eigenvalue weighted by atomic mass is 10.2. The van der Waals surface area contributed by atoms with Crippen molar-refractivity contribution in [1.82, 2.24) is 4.98 Å². The van der Waals surface area contributed by atoms with E-state index < -0.39 is 0 Å². The van der Waals surface area contributed by atoms with Crippen molar-refractivity contribution in [3.63, 3.8) is 0 Å². The Bertz CT molecular complexity index is 497. The Hall–Kier alpha value is -1.32. The van der Waals surface area contributed by atoms with Crippen molar-refractivity contribution in [2.45, 2.75) is 13.0 Å². The zero-order valence-corrected chi connectivity index (χ0v) is 9.83. The predicted octanol–water partition coefficient (Wildman–Crippen LogP) is 2.65. The Kier molecular flexibility index (Phi) is 3.27. The number of hydrogen-bond acceptors (Lipinski definition) is 3. The first-order valence-electron chi connectivity index (χ1n) is 5.20. The first-order valence-corrected chi connectivity index (χ1v) is 5.58. The molecule has 0 saturated carbocycles. The van der Waals surface area contributed by atoms with Gasteiger partial charge in [0.1, 0.15) is 0 Å². The molecule has 0 aliphatic carbocycles. The normalized spacial score (nSPS) is 12.7. The fourth-order valence-corrected chi connectivity index (χ4v) is 1.71. The van der Waals surface area contributed by atoms with Gasteiger partial charge in [-0.25, -0.2) is 0 Å². The Morgan fingerprint density at radius 2 is 2.25 bits per heavy atom. The fraction of sp³-hybridized carbons (Fsp3) is 0.250. The summed E-state index contributed by atoms with van der Waals surface area (Å²) in [5.41, 5.74) is 7.64. The van der Waals surface area contributed by atoms with Crippen molar-refractivity contribution in [1.29, 1.82) is 0 Å². The molecule has 0 amide bonds. The van der Waals surface area contributed by atoms with Crippen molar-refractivity contribution in [3.8, 4) is 0 Å². The fourth-order valence-electron chi connectivity index (χ4n) is 1.55. The van der Waals surface area contributed by atoms with Gasteiger partial charge in [0.2, 0.25) is 0 Å². The van der Waals surface area contributed by atoms with E-state index in [2.05, 4.69) is 10.3 Å². The average molecular weight is 236 g/mol. The Balaban J connectivity index is 2.38. The summed E-state index contributed by atoms with van der Waals surface area (Å²) in [7, 11) is 0. The van der Waals surface area contributed by atoms with Crippen LogP contribution >= 0.6 is 11.6 Å². The summed E-state index contributed by atoms with van der Waals surface area (Å²) in [4.78, 5) is 4.27. The zero-order chi connectivity index (χ0) is 11.5. The van der Waals surface area contributed by atoms with Gasteiger partial charge in [-0.1, -0.05) is 11.6 Å². The van der Waals surface area contributed by atoms with Crippen LogP contribution in [0.5, 0.6) is 0 Å². The van der Waals surface area contributed by atoms with Gasteiger partial charge >= 0.3 is 0 Å². The quantitative estimate of drug-likeness (QED) is 0.860. The van der Waals surface area contributed by atoms with Crippen molar-refractivity contribution in [2.75, 3.05) is 11.9 Å². The van der Waals surface area contributed by atoms with Crippen LogP contribution in [0.2, 0.25) is 5.02 Å². The molecule has 0 radical (unpaired) electrons. The number of halogens is 1. The second kappa shape index (κ2) is 4.68. The molecule has 16 heavy (non-hydrogen) atoms. The standard InChI is InChI=1S/C12H14ClN3/c1-8(14)7-16-11-4-5-15-12-6-9(13)2-3-10(11)12/h2-6,8H,7,14H2,1H3,(H,15,16)/t8-/m1/s1. The number of rotatable bonds is 3. The van der Waals surface area contributed by atoms with Crippen molar-refractivity contribution in [3.05, 3.63) is 35.5 Å². The van der Waals surface area contributed by atoms with Gasteiger partial charge < -0.3 is 11.1 Å². The number of benzene rings is 1. The second-order valence-corrected chi connectivity index (χ2v) is 4.31. The molecular formula is C12H14ClN3. The van der Waals surface area contributed by atoms with Gasteiger partial charge in [0.05, 0.1) is 5.52 Å². The molecule has 0 saturated heterocycles. The van der Waals surface area contributed by atoms with Crippen molar-refractivity contribution in [2.24, 2.45) is 5.73 Å². The van der Waals surface area contributed by atoms with E-state index >= 15 is 0 Å². The van der Waals surface area contributed by atoms with E-state index in [1.54, 1.807) is 6.20 Å². The minimum absolute atomic E-state index is 0.121. The minimum atomic E-state index is 0.121. The molecule has 0 unspecified atom stereocenters. The maximum absolute atomic E-state index is 5.92. The van der Waals surface area contributed by atoms with E-state index in [1.165, 1.54) is 0 Å². The molecule has 0 aliphatic rings. The lowest BCUT2D eigenvalue weighted by Crippen LogP contribution is -2.25. The number of anilines is 1. The van der Waals surface area contributed by atoms with Crippen LogP contribution in [-0.2, 0) is 0 Å². The van der Waals surface area contributed by atoms with E-state index in [0.29, 0.717) is 5.02 Å². The largest absolute Gasteiger partial charge is 0.383 e. The van der Waals surface area contributed by atoms with Crippen LogP contribution in [0.15, 0.2) is 30.5 Å². The molecule has 1 heterocycles. The number of fused-ring (bicyclic) bond motifs is 1. The molecule has 0 fully saturated rings. The summed E-state index contributed by atoms with van der Waals surface area (Å²) in [5.74, 6) is 0. The third-order valence-electron chi connectivity index (χ3n) is 2.32. The molecule has 2 rings (SSSR count). The third-order valence-corrected chi connectivity index (χ3v) is 2.55. The highest BCUT2D eigenvalue weighted by molar-refractivity contribution is 6.31. The van der Waals surface area contributed by atoms with Crippen LogP contribution in [0.25, 0.3) is 10.9 Å². The monoisotopic (exact) mass is 235 g/mol. The van der Waals surface area contributed by atoms with E-state index in [1.807, 2.05) is 31.2 Å². The Morgan fingerprint density at radius 3 is 3.00 bits per heavy atom. The summed E-state index contributed by atoms with van der Waals surface area (Å²) >= 11 is 5.92. The molecule has 1 atom stereocenters. The predicted molar refractivity (Wildman–Crippen MR) is 68.9 cm³/mol. The Morgan fingerprint density at radius 1 is 1.44 bits per heavy atom. The molecule has 0 spiro atoms. The minimum Gasteiger partial charge on any atom is -0.383 e. The van der Waals surface area contributed by atoms with Gasteiger partial charge in [-0.15, -0.1) is 0 Å². The molecule has 3 nitrogen and oxygen atoms in total. The SMILES string of the molecule is C[C@@H](N)CNc1ccnc2cc(Cl)ccc12. The molecule has 3 N–H and O–H groups in total. The van der Waals surface area contributed by atoms with Gasteiger partial charge in [0, 0.05) is 34.9 Å². The second-order valence-electron chi connectivity index (χ2n) is 3.88. The Labute approximate surface area is 99.6 Å². The lowest BCUT2D eigenvalue weighted by molar-refractivity contribution is 0.781. The summed E-state index contributed by atoms with van der Waals surface area (Å²) in [6.07, 6.45) is 1.77. The number of hydrogen-bond donors (Lipinski definition) is 2. The molecule has 0 bridgehead atoms. The molecule has 84 valence electrons. The van der Waals surface area contributed by atoms with Gasteiger partial charge in [0.25, 0.3) is 0 Å². The van der Waals surface area contributed by atoms with Crippen molar-refractivity contribution < 1.29 is 0 Å². The van der Waals surface area contributed by atoms with Crippen molar-refractivity contribution >= 4 is 28.2 Å². The maximum atomic E-state index is 5.92. The first kappa shape index (κ1) is 11.2. The smallest absolute Gasteiger partial charge is 0.0737 e. The van der Waals surface area contributed by atoms with Gasteiger partial charge in [0.15, 0.2) is 0 Å². The van der Waals surface area contributed by atoms with Crippen LogP contribution in [0.3, 0.4) is 0 Å². The van der Waals surface area contributed by atoms with Gasteiger partial charge in [-0.3, -0.25) is 4.98 Å². The van der Waals surface area contributed by atoms with Crippen LogP contribution in [-0.4, -0.2) is 17.6 Å². The summed E-state index contributed by atoms with van der Waals surface area (Å²) in [6.45, 7) is 2.70. The maximum Gasteiger partial charge on any atom is 0.0737 e. The molecule has 0 aliphatic heterocycles. The molecule has 2 aromatic rings. The van der Waals surface area contributed by atoms with Crippen LogP contribution in [0.1, 0.15) is 6.92 Å². The lowest BCUT2D eigenvalue weighted by Gasteiger charge is -2.11. The molecule has 1 aromatic carbocycles. The van der Waals surface area contributed by atoms with E-state index in [-0.39, 0.29) is 6.04 Å². The number of nitrogens with zero attached hydrogens (tertiary/aromatic N) is 1. The van der Waals surface area contributed by atoms with Crippen LogP contribution < -0.4 is 11.1 Å². The molecular weight excluding hydrogens is 222 g/mol. The molecule has 1 aromatic heterocycles. The highest BCUT2D eigenvalue weighted by Gasteiger charge is 2.02. The van der Waals surface area contributed by atoms with E-state index in [0.717, 1.165) is 23.1 Å². The highest BCUT2D eigenvalue weighted by atomic mass is 35.5. The topological polar surface area (TPSA) is 50.9 Å². The summed E-state index contributed by atoms with van der Waals surface area (Å²) in [5, 5.41) is 5.06. The van der Waals surface area contributed by atoms with E-state index in [4.69, 9.17) is 17.3 Å². The first-order chi connectivity index (χ1) is 7.66. The highest BCUT2D eigenvalue weighted by Crippen LogP contribution is 2.24. The number of pyridine rings is 1. The van der Waals surface area contributed by atoms with Gasteiger partial charge in [-0.05, 0) is 31.2 Å². The number of aromatic nitrogens is 1. The average Bonchev–Trinajstić information content (AvgIpc) is 2.25. The van der Waals surface area contributed by atoms with Gasteiger partial charge in [-0.2, -0.15) is 0 Å². The number of nitrogens with one attached hydrogen (secondary N) is 1.